The summed E-state index contributed by atoms with van der Waals surface area (Å²) in [6, 6.07) is 0.902. The van der Waals surface area contributed by atoms with E-state index in [0.29, 0.717) is 4.57 Å². The van der Waals surface area contributed by atoms with Crippen molar-refractivity contribution in [1.29, 1.82) is 0 Å². The highest BCUT2D eigenvalue weighted by Crippen LogP contribution is 2.66. The van der Waals surface area contributed by atoms with Gasteiger partial charge in [-0.05, 0) is 0 Å². The molecule has 4 atom stereocenters. The molecule has 6 N–H and O–H groups in total. The summed E-state index contributed by atoms with van der Waals surface area (Å²) in [6.07, 6.45) is -0.153. The van der Waals surface area contributed by atoms with Gasteiger partial charge in [0.1, 0.15) is 19.4 Å². The highest BCUT2D eigenvalue weighted by atomic mass is 31.3. The van der Waals surface area contributed by atoms with E-state index < -0.39 is 65.6 Å². The van der Waals surface area contributed by atoms with Gasteiger partial charge >= 0.3 is 29.2 Å². The van der Waals surface area contributed by atoms with Gasteiger partial charge in [0.2, 0.25) is 5.88 Å². The maximum atomic E-state index is 13.6. The molecule has 2 heterocycles. The largest absolute Gasteiger partial charge is 0.490 e. The zero-order valence-electron chi connectivity index (χ0n) is 14.3. The summed E-state index contributed by atoms with van der Waals surface area (Å²) < 4.78 is 64.2. The Bertz CT molecular complexity index is 1090. The summed E-state index contributed by atoms with van der Waals surface area (Å²) in [7, 11) is -17.0. The first-order chi connectivity index (χ1) is 13.6. The van der Waals surface area contributed by atoms with Gasteiger partial charge in [-0.1, -0.05) is 0 Å². The number of aliphatic hydroxyl groups is 1. The fourth-order valence-electron chi connectivity index (χ4n) is 2.06. The maximum Gasteiger partial charge on any atom is 0.490 e. The van der Waals surface area contributed by atoms with Crippen molar-refractivity contribution in [2.75, 3.05) is 13.3 Å². The van der Waals surface area contributed by atoms with Crippen LogP contribution < -0.4 is 11.2 Å². The first-order valence-electron chi connectivity index (χ1n) is 7.34. The van der Waals surface area contributed by atoms with E-state index in [4.69, 9.17) is 19.4 Å². The normalized spacial score (nSPS) is 25.8. The molecule has 16 nitrogen and oxygen atoms in total. The fourth-order valence-corrected chi connectivity index (χ4v) is 5.14. The van der Waals surface area contributed by atoms with Crippen LogP contribution in [0, 0.1) is 0 Å². The molecule has 0 bridgehead atoms. The number of rotatable bonds is 9. The minimum Gasteiger partial charge on any atom is -0.464 e. The van der Waals surface area contributed by atoms with Gasteiger partial charge in [-0.2, -0.15) is 8.62 Å². The predicted octanol–water partition coefficient (Wildman–Crippen LogP) is -1.22. The van der Waals surface area contributed by atoms with E-state index in [1.807, 2.05) is 4.98 Å². The zero-order valence-corrected chi connectivity index (χ0v) is 17.0. The number of phosphoric acid groups is 3. The molecule has 1 aliphatic rings. The average molecular weight is 498 g/mol. The first-order valence-corrected chi connectivity index (χ1v) is 11.9. The Morgan fingerprint density at radius 2 is 1.80 bits per heavy atom. The van der Waals surface area contributed by atoms with Crippen LogP contribution in [0.25, 0.3) is 5.88 Å². The monoisotopic (exact) mass is 498 g/mol. The molecular formula is C10H14FN2O14P3. The number of nitrogens with zero attached hydrogens (tertiary/aromatic N) is 1. The molecule has 1 aromatic heterocycles. The lowest BCUT2D eigenvalue weighted by atomic mass is 10.0. The smallest absolute Gasteiger partial charge is 0.464 e. The number of phosphoric ester groups is 1. The Morgan fingerprint density at radius 1 is 1.17 bits per heavy atom. The predicted molar refractivity (Wildman–Crippen MR) is 91.2 cm³/mol. The van der Waals surface area contributed by atoms with Crippen molar-refractivity contribution in [3.8, 4) is 0 Å². The Balaban J connectivity index is 2.15. The standard InChI is InChI=1S/C10H14FN2O14P3/c11-4-10(5-24-29(20,21)27-30(22,23)26-28(17,18)19)6(14)3-8(25-10)13-2-1-7(15)12-9(13)16/h1-3,6,14H,4-5H2,(H,20,21)(H,22,23)(H,12,15,16)(H2,17,18,19)/t6-,10+/m0/s1. The second kappa shape index (κ2) is 8.57. The van der Waals surface area contributed by atoms with Crippen molar-refractivity contribution in [2.45, 2.75) is 11.7 Å². The molecule has 170 valence electrons. The van der Waals surface area contributed by atoms with Gasteiger partial charge in [-0.25, -0.2) is 27.4 Å². The molecule has 1 aromatic rings. The molecular weight excluding hydrogens is 484 g/mol. The van der Waals surface area contributed by atoms with E-state index >= 15 is 0 Å². The number of hydrogen-bond acceptors (Lipinski definition) is 10. The molecule has 0 fully saturated rings. The quantitative estimate of drug-likeness (QED) is 0.219. The van der Waals surface area contributed by atoms with Crippen LogP contribution in [-0.4, -0.2) is 59.2 Å². The third kappa shape index (κ3) is 6.26. The second-order valence-electron chi connectivity index (χ2n) is 5.59. The first kappa shape index (κ1) is 24.8. The van der Waals surface area contributed by atoms with Crippen LogP contribution in [0.2, 0.25) is 0 Å². The Labute approximate surface area is 164 Å². The number of alkyl halides is 1. The Kier molecular flexibility index (Phi) is 7.08. The molecule has 0 aromatic carbocycles. The molecule has 0 saturated heterocycles. The van der Waals surface area contributed by atoms with E-state index in [0.717, 1.165) is 18.3 Å². The van der Waals surface area contributed by atoms with Gasteiger partial charge in [0, 0.05) is 18.3 Å². The lowest BCUT2D eigenvalue weighted by molar-refractivity contribution is -0.0803. The van der Waals surface area contributed by atoms with E-state index in [1.54, 1.807) is 0 Å². The van der Waals surface area contributed by atoms with Crippen molar-refractivity contribution < 1.29 is 60.6 Å². The molecule has 0 aliphatic carbocycles. The number of ether oxygens (including phenoxy) is 1. The van der Waals surface area contributed by atoms with Gasteiger partial charge in [-0.15, -0.1) is 0 Å². The highest BCUT2D eigenvalue weighted by molar-refractivity contribution is 7.66. The summed E-state index contributed by atoms with van der Waals surface area (Å²) in [6.45, 7) is -2.89. The summed E-state index contributed by atoms with van der Waals surface area (Å²) in [5, 5.41) is 10.0. The molecule has 1 aliphatic heterocycles. The maximum absolute atomic E-state index is 13.6. The summed E-state index contributed by atoms with van der Waals surface area (Å²) in [4.78, 5) is 60.1. The lowest BCUT2D eigenvalue weighted by Gasteiger charge is -2.30. The number of hydrogen-bond donors (Lipinski definition) is 6. The van der Waals surface area contributed by atoms with E-state index in [-0.39, 0.29) is 0 Å². The van der Waals surface area contributed by atoms with Gasteiger partial charge in [0.25, 0.3) is 5.56 Å². The molecule has 20 heteroatoms. The minimum atomic E-state index is -5.80. The number of aromatic amines is 1. The van der Waals surface area contributed by atoms with Crippen LogP contribution in [0.5, 0.6) is 0 Å². The molecule has 0 saturated carbocycles. The molecule has 2 rings (SSSR count). The fraction of sp³-hybridized carbons (Fsp3) is 0.400. The third-order valence-electron chi connectivity index (χ3n) is 3.32. The Morgan fingerprint density at radius 3 is 2.33 bits per heavy atom. The van der Waals surface area contributed by atoms with Crippen molar-refractivity contribution in [3.05, 3.63) is 39.2 Å². The molecule has 0 radical (unpaired) electrons. The van der Waals surface area contributed by atoms with Gasteiger partial charge < -0.3 is 29.4 Å². The average Bonchev–Trinajstić information content (AvgIpc) is 2.86. The van der Waals surface area contributed by atoms with Gasteiger partial charge in [0.05, 0.1) is 0 Å². The minimum absolute atomic E-state index is 0.489. The summed E-state index contributed by atoms with van der Waals surface area (Å²) in [5.74, 6) is -0.489. The number of halogens is 1. The molecule has 2 unspecified atom stereocenters. The van der Waals surface area contributed by atoms with Crippen LogP contribution >= 0.6 is 23.5 Å². The van der Waals surface area contributed by atoms with Crippen LogP contribution in [0.1, 0.15) is 0 Å². The van der Waals surface area contributed by atoms with Crippen molar-refractivity contribution in [3.63, 3.8) is 0 Å². The molecule has 0 spiro atoms. The van der Waals surface area contributed by atoms with Crippen molar-refractivity contribution in [2.24, 2.45) is 0 Å². The summed E-state index contributed by atoms with van der Waals surface area (Å²) >= 11 is 0. The topological polar surface area (TPSA) is 244 Å². The van der Waals surface area contributed by atoms with E-state index in [1.165, 1.54) is 0 Å². The Hall–Kier alpha value is -1.48. The van der Waals surface area contributed by atoms with Crippen molar-refractivity contribution >= 4 is 29.4 Å². The number of aromatic nitrogens is 2. The summed E-state index contributed by atoms with van der Waals surface area (Å²) in [5.41, 5.74) is -4.22. The SMILES string of the molecule is O=c1ccn(C2=C[C@H](O)[C@@](CF)(COP(=O)(O)OP(=O)(O)OP(=O)(O)O)O2)c(=O)[nH]1. The van der Waals surface area contributed by atoms with E-state index in [2.05, 4.69) is 13.1 Å². The van der Waals surface area contributed by atoms with E-state index in [9.17, 15) is 37.7 Å². The molecule has 30 heavy (non-hydrogen) atoms. The van der Waals surface area contributed by atoms with Crippen molar-refractivity contribution in [1.82, 2.24) is 9.55 Å². The highest BCUT2D eigenvalue weighted by Gasteiger charge is 2.49. The molecule has 0 amide bonds. The van der Waals surface area contributed by atoms with Crippen LogP contribution in [0.15, 0.2) is 27.9 Å². The number of nitrogens with one attached hydrogen (secondary N) is 1. The third-order valence-corrected chi connectivity index (χ3v) is 7.11. The van der Waals surface area contributed by atoms with Crippen LogP contribution in [-0.2, 0) is 31.6 Å². The lowest BCUT2D eigenvalue weighted by Crippen LogP contribution is -2.46. The zero-order chi connectivity index (χ0) is 23.0. The number of H-pyrrole nitrogens is 1. The van der Waals surface area contributed by atoms with Crippen LogP contribution in [0.3, 0.4) is 0 Å². The van der Waals surface area contributed by atoms with Crippen LogP contribution in [0.4, 0.5) is 4.39 Å². The number of aliphatic hydroxyl groups excluding tert-OH is 1. The van der Waals surface area contributed by atoms with Gasteiger partial charge in [-0.3, -0.25) is 14.3 Å². The second-order valence-corrected chi connectivity index (χ2v) is 10.0. The van der Waals surface area contributed by atoms with Gasteiger partial charge in [0.15, 0.2) is 5.60 Å².